The summed E-state index contributed by atoms with van der Waals surface area (Å²) in [6.07, 6.45) is 0.833. The molecule has 4 rings (SSSR count). The molecule has 0 heterocycles. The van der Waals surface area contributed by atoms with E-state index in [9.17, 15) is 4.79 Å². The zero-order valence-corrected chi connectivity index (χ0v) is 18.0. The monoisotopic (exact) mass is 448 g/mol. The third kappa shape index (κ3) is 20.3. The minimum absolute atomic E-state index is 0.322. The van der Waals surface area contributed by atoms with Crippen molar-refractivity contribution in [3.63, 3.8) is 0 Å². The van der Waals surface area contributed by atoms with Crippen molar-refractivity contribution < 1.29 is 30.3 Å². The van der Waals surface area contributed by atoms with E-state index in [0.29, 0.717) is 23.0 Å². The summed E-state index contributed by atoms with van der Waals surface area (Å²) in [5, 5.41) is 42.1. The molecule has 4 aromatic carbocycles. The molecule has 0 aromatic heterocycles. The number of hydrogen-bond donors (Lipinski definition) is 5. The van der Waals surface area contributed by atoms with E-state index in [1.54, 1.807) is 97.1 Å². The Morgan fingerprint density at radius 3 is 0.697 bits per heavy atom. The summed E-state index contributed by atoms with van der Waals surface area (Å²) in [4.78, 5) is 9.25. The molecular weight excluding hydrogens is 420 g/mol. The van der Waals surface area contributed by atoms with Gasteiger partial charge < -0.3 is 25.5 Å². The first-order chi connectivity index (χ1) is 15.8. The molecule has 6 heteroatoms. The van der Waals surface area contributed by atoms with Gasteiger partial charge in [-0.2, -0.15) is 0 Å². The fraction of sp³-hybridized carbons (Fsp3) is 0. The van der Waals surface area contributed by atoms with Crippen molar-refractivity contribution in [2.24, 2.45) is 0 Å². The Bertz CT molecular complexity index is 826. The predicted molar refractivity (Wildman–Crippen MR) is 130 cm³/mol. The van der Waals surface area contributed by atoms with Crippen LogP contribution < -0.4 is 0 Å². The molecule has 4 aromatic rings. The molecule has 0 aliphatic heterocycles. The number of carboxylic acids is 1. The molecule has 0 bridgehead atoms. The zero-order chi connectivity index (χ0) is 24.7. The average molecular weight is 449 g/mol. The van der Waals surface area contributed by atoms with Crippen LogP contribution in [0.2, 0.25) is 0 Å². The molecule has 0 aliphatic carbocycles. The fourth-order valence-corrected chi connectivity index (χ4v) is 1.71. The van der Waals surface area contributed by atoms with Gasteiger partial charge in [0.25, 0.3) is 0 Å². The Balaban J connectivity index is 0.000000390. The van der Waals surface area contributed by atoms with E-state index in [2.05, 4.69) is 6.58 Å². The predicted octanol–water partition coefficient (Wildman–Crippen LogP) is 5.83. The Morgan fingerprint density at radius 1 is 0.485 bits per heavy atom. The van der Waals surface area contributed by atoms with Crippen molar-refractivity contribution in [3.05, 3.63) is 134 Å². The summed E-state index contributed by atoms with van der Waals surface area (Å²) in [5.74, 6) is 0.306. The van der Waals surface area contributed by atoms with Crippen molar-refractivity contribution >= 4 is 5.97 Å². The molecule has 0 saturated carbocycles. The minimum atomic E-state index is -0.981. The van der Waals surface area contributed by atoms with E-state index in [0.717, 1.165) is 6.08 Å². The highest BCUT2D eigenvalue weighted by atomic mass is 16.4. The van der Waals surface area contributed by atoms with Crippen LogP contribution in [0.5, 0.6) is 23.0 Å². The zero-order valence-electron chi connectivity index (χ0n) is 18.0. The Hall–Kier alpha value is -4.71. The quantitative estimate of drug-likeness (QED) is 0.234. The van der Waals surface area contributed by atoms with Crippen LogP contribution in [0.25, 0.3) is 0 Å². The molecule has 0 saturated heterocycles. The smallest absolute Gasteiger partial charge is 0.327 e. The summed E-state index contributed by atoms with van der Waals surface area (Å²) < 4.78 is 0. The van der Waals surface area contributed by atoms with Crippen LogP contribution in [0.3, 0.4) is 0 Å². The van der Waals surface area contributed by atoms with Crippen molar-refractivity contribution in [1.82, 2.24) is 0 Å². The largest absolute Gasteiger partial charge is 0.508 e. The topological polar surface area (TPSA) is 118 Å². The number of aliphatic carboxylic acids is 1. The molecule has 5 N–H and O–H groups in total. The lowest BCUT2D eigenvalue weighted by atomic mass is 10.3. The minimum Gasteiger partial charge on any atom is -0.508 e. The third-order valence-corrected chi connectivity index (χ3v) is 3.20. The average Bonchev–Trinajstić information content (AvgIpc) is 2.83. The number of aromatic hydroxyl groups is 4. The second kappa shape index (κ2) is 19.3. The van der Waals surface area contributed by atoms with Gasteiger partial charge in [-0.3, -0.25) is 0 Å². The molecule has 6 nitrogen and oxygen atoms in total. The van der Waals surface area contributed by atoms with Gasteiger partial charge in [0.15, 0.2) is 0 Å². The van der Waals surface area contributed by atoms with Gasteiger partial charge in [0.2, 0.25) is 0 Å². The first kappa shape index (κ1) is 28.3. The summed E-state index contributed by atoms with van der Waals surface area (Å²) in [7, 11) is 0. The maximum atomic E-state index is 9.25. The second-order valence-corrected chi connectivity index (χ2v) is 5.88. The van der Waals surface area contributed by atoms with Crippen LogP contribution >= 0.6 is 0 Å². The molecule has 0 unspecified atom stereocenters. The number of phenols is 4. The van der Waals surface area contributed by atoms with Crippen LogP contribution in [0, 0.1) is 0 Å². The van der Waals surface area contributed by atoms with Crippen molar-refractivity contribution in [3.8, 4) is 23.0 Å². The van der Waals surface area contributed by atoms with E-state index < -0.39 is 5.97 Å². The standard InChI is InChI=1S/4C6H6O.C3H4O2/c4*7-6-4-2-1-3-5-6;1-2-3(4)5/h4*1-5,7H;2H,1H2,(H,4,5). The SMILES string of the molecule is C=CC(=O)O.Oc1ccccc1.Oc1ccccc1.Oc1ccccc1.Oc1ccccc1. The van der Waals surface area contributed by atoms with Gasteiger partial charge in [0, 0.05) is 6.08 Å². The molecule has 0 fully saturated rings. The summed E-state index contributed by atoms with van der Waals surface area (Å²) in [6.45, 7) is 2.96. The second-order valence-electron chi connectivity index (χ2n) is 5.88. The van der Waals surface area contributed by atoms with Crippen molar-refractivity contribution in [2.75, 3.05) is 0 Å². The molecule has 0 spiro atoms. The summed E-state index contributed by atoms with van der Waals surface area (Å²) >= 11 is 0. The molecule has 0 atom stereocenters. The van der Waals surface area contributed by atoms with Crippen LogP contribution in [-0.2, 0) is 4.79 Å². The molecule has 172 valence electrons. The highest BCUT2D eigenvalue weighted by molar-refractivity contribution is 5.78. The van der Waals surface area contributed by atoms with E-state index >= 15 is 0 Å². The van der Waals surface area contributed by atoms with E-state index in [4.69, 9.17) is 25.5 Å². The number of carbonyl (C=O) groups is 1. The van der Waals surface area contributed by atoms with E-state index in [1.165, 1.54) is 0 Å². The highest BCUT2D eigenvalue weighted by Gasteiger charge is 1.77. The molecule has 0 radical (unpaired) electrons. The lowest BCUT2D eigenvalue weighted by Gasteiger charge is -1.82. The maximum Gasteiger partial charge on any atom is 0.327 e. The summed E-state index contributed by atoms with van der Waals surface area (Å²) in [5.41, 5.74) is 0. The lowest BCUT2D eigenvalue weighted by Crippen LogP contribution is -1.82. The Kier molecular flexibility index (Phi) is 16.5. The van der Waals surface area contributed by atoms with Crippen LogP contribution in [0.4, 0.5) is 0 Å². The Labute approximate surface area is 193 Å². The number of benzene rings is 4. The molecular formula is C27H28O6. The first-order valence-corrected chi connectivity index (χ1v) is 9.66. The van der Waals surface area contributed by atoms with Crippen molar-refractivity contribution in [2.45, 2.75) is 0 Å². The van der Waals surface area contributed by atoms with Crippen LogP contribution in [0.1, 0.15) is 0 Å². The van der Waals surface area contributed by atoms with Crippen molar-refractivity contribution in [1.29, 1.82) is 0 Å². The number of para-hydroxylation sites is 4. The normalized spacial score (nSPS) is 8.24. The lowest BCUT2D eigenvalue weighted by molar-refractivity contribution is -0.131. The number of hydrogen-bond acceptors (Lipinski definition) is 5. The van der Waals surface area contributed by atoms with Gasteiger partial charge >= 0.3 is 5.97 Å². The van der Waals surface area contributed by atoms with Crippen LogP contribution in [0.15, 0.2) is 134 Å². The maximum absolute atomic E-state index is 9.25. The van der Waals surface area contributed by atoms with Gasteiger partial charge in [-0.1, -0.05) is 79.4 Å². The molecule has 0 aliphatic rings. The first-order valence-electron chi connectivity index (χ1n) is 9.66. The number of carboxylic acid groups (broad SMARTS) is 1. The number of rotatable bonds is 1. The van der Waals surface area contributed by atoms with Gasteiger partial charge in [-0.25, -0.2) is 4.79 Å². The summed E-state index contributed by atoms with van der Waals surface area (Å²) in [6, 6.07) is 34.9. The van der Waals surface area contributed by atoms with Gasteiger partial charge in [-0.15, -0.1) is 0 Å². The van der Waals surface area contributed by atoms with E-state index in [-0.39, 0.29) is 0 Å². The van der Waals surface area contributed by atoms with Gasteiger partial charge in [-0.05, 0) is 48.5 Å². The van der Waals surface area contributed by atoms with Gasteiger partial charge in [0.05, 0.1) is 0 Å². The molecule has 33 heavy (non-hydrogen) atoms. The third-order valence-electron chi connectivity index (χ3n) is 3.20. The Morgan fingerprint density at radius 2 is 0.636 bits per heavy atom. The van der Waals surface area contributed by atoms with Gasteiger partial charge in [0.1, 0.15) is 23.0 Å². The van der Waals surface area contributed by atoms with E-state index in [1.807, 2.05) is 24.3 Å². The highest BCUT2D eigenvalue weighted by Crippen LogP contribution is 2.04. The number of phenolic OH excluding ortho intramolecular Hbond substituents is 4. The molecule has 0 amide bonds. The fourth-order valence-electron chi connectivity index (χ4n) is 1.71. The van der Waals surface area contributed by atoms with Crippen LogP contribution in [-0.4, -0.2) is 31.5 Å².